The molecule has 0 unspecified atom stereocenters. The predicted octanol–water partition coefficient (Wildman–Crippen LogP) is 5.86. The summed E-state index contributed by atoms with van der Waals surface area (Å²) in [5.41, 5.74) is 0.964. The van der Waals surface area contributed by atoms with Gasteiger partial charge in [-0.2, -0.15) is 0 Å². The monoisotopic (exact) mass is 383 g/mol. The van der Waals surface area contributed by atoms with Gasteiger partial charge in [0.2, 0.25) is 0 Å². The summed E-state index contributed by atoms with van der Waals surface area (Å²) in [5.74, 6) is -0.616. The van der Waals surface area contributed by atoms with Crippen LogP contribution in [0.5, 0.6) is 5.75 Å². The molecule has 2 aromatic rings. The van der Waals surface area contributed by atoms with Crippen molar-refractivity contribution in [2.45, 2.75) is 38.5 Å². The van der Waals surface area contributed by atoms with Gasteiger partial charge >= 0.3 is 6.36 Å². The van der Waals surface area contributed by atoms with E-state index in [1.54, 1.807) is 18.3 Å². The molecule has 1 aliphatic rings. The summed E-state index contributed by atoms with van der Waals surface area (Å²) in [4.78, 5) is 4.27. The number of nitrogens with zero attached hydrogens (tertiary/aromatic N) is 1. The van der Waals surface area contributed by atoms with Crippen LogP contribution in [0, 0.1) is 11.7 Å². The van der Waals surface area contributed by atoms with Crippen LogP contribution < -0.4 is 15.4 Å². The Morgan fingerprint density at radius 1 is 1.04 bits per heavy atom. The van der Waals surface area contributed by atoms with Crippen molar-refractivity contribution in [2.24, 2.45) is 5.92 Å². The van der Waals surface area contributed by atoms with Crippen molar-refractivity contribution in [3.8, 4) is 5.75 Å². The van der Waals surface area contributed by atoms with Crippen LogP contribution in [0.2, 0.25) is 0 Å². The first kappa shape index (κ1) is 19.3. The van der Waals surface area contributed by atoms with Gasteiger partial charge in [-0.3, -0.25) is 0 Å². The molecule has 1 saturated carbocycles. The number of halogens is 4. The third-order valence-corrected chi connectivity index (χ3v) is 4.50. The van der Waals surface area contributed by atoms with Gasteiger partial charge in [0.1, 0.15) is 5.82 Å². The minimum atomic E-state index is -4.93. The minimum absolute atomic E-state index is 0.312. The molecule has 27 heavy (non-hydrogen) atoms. The Hall–Kier alpha value is -2.51. The van der Waals surface area contributed by atoms with Crippen molar-refractivity contribution in [1.82, 2.24) is 4.98 Å². The van der Waals surface area contributed by atoms with Gasteiger partial charge in [-0.15, -0.1) is 13.2 Å². The molecule has 1 fully saturated rings. The summed E-state index contributed by atoms with van der Waals surface area (Å²) in [6.45, 7) is 0.856. The Balaban J connectivity index is 1.61. The van der Waals surface area contributed by atoms with E-state index in [1.165, 1.54) is 38.2 Å². The summed E-state index contributed by atoms with van der Waals surface area (Å²) in [7, 11) is 0. The number of aromatic nitrogens is 1. The molecular formula is C19H21F4N3O. The first-order valence-electron chi connectivity index (χ1n) is 8.91. The van der Waals surface area contributed by atoms with Gasteiger partial charge in [-0.25, -0.2) is 9.37 Å². The fourth-order valence-electron chi connectivity index (χ4n) is 3.20. The zero-order chi connectivity index (χ0) is 19.3. The van der Waals surface area contributed by atoms with Gasteiger partial charge in [0.25, 0.3) is 0 Å². The van der Waals surface area contributed by atoms with Crippen LogP contribution in [0.3, 0.4) is 0 Å². The van der Waals surface area contributed by atoms with Crippen molar-refractivity contribution < 1.29 is 22.3 Å². The third kappa shape index (κ3) is 6.01. The largest absolute Gasteiger partial charge is 0.573 e. The summed E-state index contributed by atoms with van der Waals surface area (Å²) in [6, 6.07) is 6.69. The third-order valence-electron chi connectivity index (χ3n) is 4.50. The quantitative estimate of drug-likeness (QED) is 0.614. The van der Waals surface area contributed by atoms with E-state index in [4.69, 9.17) is 0 Å². The summed E-state index contributed by atoms with van der Waals surface area (Å²) in [6.07, 6.45) is 2.95. The number of nitrogens with one attached hydrogen (secondary N) is 2. The van der Waals surface area contributed by atoms with Crippen LogP contribution in [0.25, 0.3) is 0 Å². The van der Waals surface area contributed by atoms with Crippen LogP contribution in [0.15, 0.2) is 36.5 Å². The van der Waals surface area contributed by atoms with Crippen LogP contribution >= 0.6 is 0 Å². The van der Waals surface area contributed by atoms with Crippen LogP contribution in [0.4, 0.5) is 34.8 Å². The summed E-state index contributed by atoms with van der Waals surface area (Å²) >= 11 is 0. The second-order valence-electron chi connectivity index (χ2n) is 6.63. The fourth-order valence-corrected chi connectivity index (χ4v) is 3.20. The van der Waals surface area contributed by atoms with Crippen molar-refractivity contribution in [1.29, 1.82) is 0 Å². The molecule has 0 radical (unpaired) electrons. The molecule has 0 atom stereocenters. The van der Waals surface area contributed by atoms with Crippen molar-refractivity contribution in [2.75, 3.05) is 17.2 Å². The SMILES string of the molecule is Fc1cc(Nc2ccnc(NCC3CCCCC3)c2)ccc1OC(F)(F)F. The lowest BCUT2D eigenvalue weighted by Crippen LogP contribution is -2.18. The molecule has 4 nitrogen and oxygen atoms in total. The Morgan fingerprint density at radius 2 is 1.78 bits per heavy atom. The highest BCUT2D eigenvalue weighted by molar-refractivity contribution is 5.63. The van der Waals surface area contributed by atoms with Crippen LogP contribution in [-0.2, 0) is 0 Å². The van der Waals surface area contributed by atoms with Gasteiger partial charge in [-0.05, 0) is 37.0 Å². The van der Waals surface area contributed by atoms with E-state index in [1.807, 2.05) is 0 Å². The zero-order valence-corrected chi connectivity index (χ0v) is 14.7. The predicted molar refractivity (Wildman–Crippen MR) is 95.7 cm³/mol. The second-order valence-corrected chi connectivity index (χ2v) is 6.63. The van der Waals surface area contributed by atoms with E-state index in [0.29, 0.717) is 23.1 Å². The number of rotatable bonds is 6. The van der Waals surface area contributed by atoms with Gasteiger partial charge in [0.15, 0.2) is 11.6 Å². The number of ether oxygens (including phenoxy) is 1. The molecule has 0 amide bonds. The van der Waals surface area contributed by atoms with Crippen molar-refractivity contribution >= 4 is 17.2 Å². The van der Waals surface area contributed by atoms with Gasteiger partial charge in [-0.1, -0.05) is 19.3 Å². The highest BCUT2D eigenvalue weighted by Gasteiger charge is 2.32. The van der Waals surface area contributed by atoms with Crippen molar-refractivity contribution in [3.63, 3.8) is 0 Å². The first-order chi connectivity index (χ1) is 12.9. The van der Waals surface area contributed by atoms with Crippen LogP contribution in [-0.4, -0.2) is 17.9 Å². The maximum Gasteiger partial charge on any atom is 0.573 e. The van der Waals surface area contributed by atoms with Crippen LogP contribution in [0.1, 0.15) is 32.1 Å². The lowest BCUT2D eigenvalue weighted by Gasteiger charge is -2.22. The molecule has 0 spiro atoms. The average Bonchev–Trinajstić information content (AvgIpc) is 2.63. The molecule has 1 aliphatic carbocycles. The molecule has 0 saturated heterocycles. The second kappa shape index (κ2) is 8.45. The molecule has 3 rings (SSSR count). The maximum absolute atomic E-state index is 13.8. The van der Waals surface area contributed by atoms with Gasteiger partial charge in [0, 0.05) is 36.2 Å². The molecule has 0 bridgehead atoms. The Kier molecular flexibility index (Phi) is 6.03. The molecule has 1 heterocycles. The number of anilines is 3. The fraction of sp³-hybridized carbons (Fsp3) is 0.421. The van der Waals surface area contributed by atoms with Gasteiger partial charge < -0.3 is 15.4 Å². The number of hydrogen-bond donors (Lipinski definition) is 2. The molecule has 8 heteroatoms. The standard InChI is InChI=1S/C19H21F4N3O/c20-16-10-14(6-7-17(16)27-19(21,22)23)26-15-8-9-24-18(11-15)25-12-13-4-2-1-3-5-13/h6-11,13H,1-5,12H2,(H2,24,25,26). The van der Waals surface area contributed by atoms with E-state index in [9.17, 15) is 17.6 Å². The molecule has 2 N–H and O–H groups in total. The number of hydrogen-bond acceptors (Lipinski definition) is 4. The Bertz CT molecular complexity index is 761. The lowest BCUT2D eigenvalue weighted by molar-refractivity contribution is -0.275. The lowest BCUT2D eigenvalue weighted by atomic mass is 9.89. The Labute approximate surface area is 154 Å². The molecule has 146 valence electrons. The van der Waals surface area contributed by atoms with E-state index in [2.05, 4.69) is 20.4 Å². The highest BCUT2D eigenvalue weighted by atomic mass is 19.4. The first-order valence-corrected chi connectivity index (χ1v) is 8.91. The van der Waals surface area contributed by atoms with Gasteiger partial charge in [0.05, 0.1) is 0 Å². The molecule has 0 aliphatic heterocycles. The number of pyridine rings is 1. The average molecular weight is 383 g/mol. The number of benzene rings is 1. The topological polar surface area (TPSA) is 46.2 Å². The van der Waals surface area contributed by atoms with E-state index in [-0.39, 0.29) is 0 Å². The summed E-state index contributed by atoms with van der Waals surface area (Å²) < 4.78 is 54.0. The molecule has 1 aromatic heterocycles. The Morgan fingerprint density at radius 3 is 2.48 bits per heavy atom. The number of alkyl halides is 3. The zero-order valence-electron chi connectivity index (χ0n) is 14.7. The van der Waals surface area contributed by atoms with E-state index < -0.39 is 17.9 Å². The smallest absolute Gasteiger partial charge is 0.403 e. The highest BCUT2D eigenvalue weighted by Crippen LogP contribution is 2.29. The minimum Gasteiger partial charge on any atom is -0.403 e. The summed E-state index contributed by atoms with van der Waals surface area (Å²) in [5, 5.41) is 6.27. The maximum atomic E-state index is 13.8. The molecule has 1 aromatic carbocycles. The van der Waals surface area contributed by atoms with E-state index in [0.717, 1.165) is 18.7 Å². The molecular weight excluding hydrogens is 362 g/mol. The van der Waals surface area contributed by atoms with E-state index >= 15 is 0 Å². The normalized spacial score (nSPS) is 15.4. The van der Waals surface area contributed by atoms with Crippen molar-refractivity contribution in [3.05, 3.63) is 42.3 Å².